The summed E-state index contributed by atoms with van der Waals surface area (Å²) in [5.41, 5.74) is 1.43. The van der Waals surface area contributed by atoms with Gasteiger partial charge in [0, 0.05) is 78.8 Å². The fourth-order valence-electron chi connectivity index (χ4n) is 3.99. The molecule has 1 aromatic carbocycles. The third kappa shape index (κ3) is 5.21. The lowest BCUT2D eigenvalue weighted by Crippen LogP contribution is -2.48. The molecule has 1 fully saturated rings. The molecule has 0 unspecified atom stereocenters. The molecule has 0 bridgehead atoms. The van der Waals surface area contributed by atoms with E-state index in [1.165, 1.54) is 10.9 Å². The number of thiophene rings is 1. The molecule has 0 spiro atoms. The molecule has 34 heavy (non-hydrogen) atoms. The highest BCUT2D eigenvalue weighted by atomic mass is 32.1. The van der Waals surface area contributed by atoms with Crippen LogP contribution in [0.3, 0.4) is 0 Å². The molecular formula is C25H24FN5O2S. The van der Waals surface area contributed by atoms with E-state index in [9.17, 15) is 9.18 Å². The van der Waals surface area contributed by atoms with Gasteiger partial charge in [0.1, 0.15) is 5.82 Å². The van der Waals surface area contributed by atoms with Gasteiger partial charge in [0.15, 0.2) is 0 Å². The summed E-state index contributed by atoms with van der Waals surface area (Å²) in [5, 5.41) is 3.98. The first-order chi connectivity index (χ1) is 16.7. The lowest BCUT2D eigenvalue weighted by Gasteiger charge is -2.34. The Hall–Kier alpha value is -3.43. The molecule has 7 nitrogen and oxygen atoms in total. The summed E-state index contributed by atoms with van der Waals surface area (Å²) in [6.45, 7) is 3.80. The highest BCUT2D eigenvalue weighted by Crippen LogP contribution is 2.30. The Morgan fingerprint density at radius 1 is 1.06 bits per heavy atom. The summed E-state index contributed by atoms with van der Waals surface area (Å²) in [5.74, 6) is 0.834. The Kier molecular flexibility index (Phi) is 6.73. The number of nitrogens with zero attached hydrogens (tertiary/aromatic N) is 5. The zero-order valence-corrected chi connectivity index (χ0v) is 19.4. The van der Waals surface area contributed by atoms with Gasteiger partial charge in [-0.1, -0.05) is 23.4 Å². The number of aryl methyl sites for hydroxylation is 1. The average molecular weight is 478 g/mol. The van der Waals surface area contributed by atoms with Crippen molar-refractivity contribution >= 4 is 17.2 Å². The molecule has 1 aliphatic rings. The number of amides is 1. The topological polar surface area (TPSA) is 75.4 Å². The van der Waals surface area contributed by atoms with Gasteiger partial charge in [0.25, 0.3) is 0 Å². The number of piperazine rings is 1. The number of hydrogen-bond donors (Lipinski definition) is 0. The van der Waals surface area contributed by atoms with Crippen molar-refractivity contribution in [3.8, 4) is 21.8 Å². The number of carbonyl (C=O) groups excluding carboxylic acids is 1. The van der Waals surface area contributed by atoms with Gasteiger partial charge in [-0.15, -0.1) is 11.3 Å². The van der Waals surface area contributed by atoms with Crippen molar-refractivity contribution < 1.29 is 13.7 Å². The maximum atomic E-state index is 14.1. The number of aromatic nitrogens is 3. The predicted octanol–water partition coefficient (Wildman–Crippen LogP) is 4.28. The first-order valence-corrected chi connectivity index (χ1v) is 12.0. The molecule has 1 amide bonds. The average Bonchev–Trinajstić information content (AvgIpc) is 3.54. The van der Waals surface area contributed by atoms with E-state index in [0.717, 1.165) is 30.1 Å². The predicted molar refractivity (Wildman–Crippen MR) is 127 cm³/mol. The molecule has 0 aliphatic carbocycles. The Morgan fingerprint density at radius 2 is 1.91 bits per heavy atom. The SMILES string of the molecule is O=C(CCc1nc(-c2cccnc2)no1)N1CCN(Cc2ccc(-c3ccccc3F)s2)CC1. The molecule has 174 valence electrons. The number of pyridine rings is 1. The molecule has 0 N–H and O–H groups in total. The number of rotatable bonds is 7. The van der Waals surface area contributed by atoms with Gasteiger partial charge < -0.3 is 9.42 Å². The van der Waals surface area contributed by atoms with E-state index in [1.54, 1.807) is 29.8 Å². The van der Waals surface area contributed by atoms with Crippen LogP contribution in [0.2, 0.25) is 0 Å². The summed E-state index contributed by atoms with van der Waals surface area (Å²) in [7, 11) is 0. The molecule has 0 radical (unpaired) electrons. The van der Waals surface area contributed by atoms with Crippen LogP contribution in [0.5, 0.6) is 0 Å². The van der Waals surface area contributed by atoms with Crippen molar-refractivity contribution in [2.45, 2.75) is 19.4 Å². The molecule has 3 aromatic heterocycles. The second kappa shape index (κ2) is 10.2. The third-order valence-electron chi connectivity index (χ3n) is 5.85. The van der Waals surface area contributed by atoms with Gasteiger partial charge in [-0.2, -0.15) is 4.98 Å². The van der Waals surface area contributed by atoms with Gasteiger partial charge in [-0.05, 0) is 30.3 Å². The normalized spacial score (nSPS) is 14.4. The second-order valence-corrected chi connectivity index (χ2v) is 9.32. The summed E-state index contributed by atoms with van der Waals surface area (Å²) in [6, 6.07) is 14.6. The molecule has 0 atom stereocenters. The highest BCUT2D eigenvalue weighted by Gasteiger charge is 2.22. The van der Waals surface area contributed by atoms with Crippen molar-refractivity contribution in [1.82, 2.24) is 24.9 Å². The summed E-state index contributed by atoms with van der Waals surface area (Å²) in [6.07, 6.45) is 4.12. The minimum Gasteiger partial charge on any atom is -0.340 e. The minimum atomic E-state index is -0.197. The lowest BCUT2D eigenvalue weighted by atomic mass is 10.2. The van der Waals surface area contributed by atoms with Gasteiger partial charge in [0.2, 0.25) is 17.6 Å². The van der Waals surface area contributed by atoms with Crippen LogP contribution in [0.25, 0.3) is 21.8 Å². The Bertz CT molecular complexity index is 1250. The number of hydrogen-bond acceptors (Lipinski definition) is 7. The molecule has 4 aromatic rings. The first kappa shape index (κ1) is 22.4. The summed E-state index contributed by atoms with van der Waals surface area (Å²) < 4.78 is 19.3. The maximum absolute atomic E-state index is 14.1. The molecule has 0 saturated carbocycles. The van der Waals surface area contributed by atoms with E-state index in [0.29, 0.717) is 43.2 Å². The molecular weight excluding hydrogens is 453 g/mol. The van der Waals surface area contributed by atoms with Crippen molar-refractivity contribution in [2.24, 2.45) is 0 Å². The Balaban J connectivity index is 1.09. The van der Waals surface area contributed by atoms with E-state index >= 15 is 0 Å². The quantitative estimate of drug-likeness (QED) is 0.396. The third-order valence-corrected chi connectivity index (χ3v) is 6.95. The zero-order chi connectivity index (χ0) is 23.3. The van der Waals surface area contributed by atoms with Crippen LogP contribution >= 0.6 is 11.3 Å². The van der Waals surface area contributed by atoms with Crippen molar-refractivity contribution in [3.63, 3.8) is 0 Å². The highest BCUT2D eigenvalue weighted by molar-refractivity contribution is 7.15. The Morgan fingerprint density at radius 3 is 2.71 bits per heavy atom. The summed E-state index contributed by atoms with van der Waals surface area (Å²) >= 11 is 1.62. The van der Waals surface area contributed by atoms with E-state index in [2.05, 4.69) is 26.1 Å². The van der Waals surface area contributed by atoms with Gasteiger partial charge in [0.05, 0.1) is 0 Å². The van der Waals surface area contributed by atoms with E-state index < -0.39 is 0 Å². The van der Waals surface area contributed by atoms with Crippen LogP contribution in [0, 0.1) is 5.82 Å². The fraction of sp³-hybridized carbons (Fsp3) is 0.280. The number of benzene rings is 1. The maximum Gasteiger partial charge on any atom is 0.227 e. The van der Waals surface area contributed by atoms with Crippen LogP contribution in [0.15, 0.2) is 65.4 Å². The molecule has 9 heteroatoms. The van der Waals surface area contributed by atoms with E-state index in [4.69, 9.17) is 4.52 Å². The summed E-state index contributed by atoms with van der Waals surface area (Å²) in [4.78, 5) is 27.5. The number of halogens is 1. The van der Waals surface area contributed by atoms with Crippen LogP contribution in [-0.4, -0.2) is 57.0 Å². The van der Waals surface area contributed by atoms with E-state index in [1.807, 2.05) is 35.2 Å². The molecule has 1 saturated heterocycles. The van der Waals surface area contributed by atoms with Crippen LogP contribution < -0.4 is 0 Å². The van der Waals surface area contributed by atoms with E-state index in [-0.39, 0.29) is 11.7 Å². The largest absolute Gasteiger partial charge is 0.340 e. The second-order valence-electron chi connectivity index (χ2n) is 8.16. The van der Waals surface area contributed by atoms with Gasteiger partial charge in [-0.25, -0.2) is 4.39 Å². The number of carbonyl (C=O) groups is 1. The standard InChI is InChI=1S/C25H24FN5O2S/c26-21-6-2-1-5-20(21)22-8-7-19(34-22)17-30-12-14-31(15-13-30)24(32)10-9-23-28-25(29-33-23)18-4-3-11-27-16-18/h1-8,11,16H,9-10,12-15,17H2. The van der Waals surface area contributed by atoms with Crippen molar-refractivity contribution in [3.05, 3.63) is 77.5 Å². The first-order valence-electron chi connectivity index (χ1n) is 11.2. The fourth-order valence-corrected chi connectivity index (χ4v) is 5.06. The monoisotopic (exact) mass is 477 g/mol. The van der Waals surface area contributed by atoms with Crippen LogP contribution in [0.4, 0.5) is 4.39 Å². The minimum absolute atomic E-state index is 0.0961. The smallest absolute Gasteiger partial charge is 0.227 e. The molecule has 4 heterocycles. The lowest BCUT2D eigenvalue weighted by molar-refractivity contribution is -0.133. The Labute approximate surface area is 200 Å². The molecule has 1 aliphatic heterocycles. The van der Waals surface area contributed by atoms with Crippen LogP contribution in [0.1, 0.15) is 17.2 Å². The van der Waals surface area contributed by atoms with Gasteiger partial charge >= 0.3 is 0 Å². The van der Waals surface area contributed by atoms with Crippen molar-refractivity contribution in [1.29, 1.82) is 0 Å². The van der Waals surface area contributed by atoms with Crippen molar-refractivity contribution in [2.75, 3.05) is 26.2 Å². The van der Waals surface area contributed by atoms with Gasteiger partial charge in [-0.3, -0.25) is 14.7 Å². The zero-order valence-electron chi connectivity index (χ0n) is 18.6. The van der Waals surface area contributed by atoms with Crippen LogP contribution in [-0.2, 0) is 17.8 Å². The molecule has 5 rings (SSSR count).